The summed E-state index contributed by atoms with van der Waals surface area (Å²) in [6, 6.07) is 1.30. The van der Waals surface area contributed by atoms with Gasteiger partial charge in [-0.05, 0) is 26.3 Å². The normalized spacial score (nSPS) is 9.05. The van der Waals surface area contributed by atoms with Crippen LogP contribution in [0.3, 0.4) is 0 Å². The van der Waals surface area contributed by atoms with Gasteiger partial charge in [-0.3, -0.25) is 4.39 Å². The Bertz CT molecular complexity index is 425. The van der Waals surface area contributed by atoms with E-state index in [0.717, 1.165) is 0 Å². The van der Waals surface area contributed by atoms with Crippen molar-refractivity contribution in [2.24, 2.45) is 0 Å². The fraction of sp³-hybridized carbons (Fsp3) is 0.333. The first-order valence-electron chi connectivity index (χ1n) is 6.96. The maximum Gasteiger partial charge on any atom is 0.136 e. The standard InChI is InChI=1S/C11H9F3.C3H6.C2H5F.C2H6/c1-3-4-7(2)11-9(13)5-8(12)6-10(11)14;1-3-2;1-2-3;1-2/h3-6H,1H2,2H3;3H,1H2,2H3;2H2,1H3;1-2H3/b7-4+;;;. The summed E-state index contributed by atoms with van der Waals surface area (Å²) in [6.45, 7) is 15.4. The van der Waals surface area contributed by atoms with Gasteiger partial charge in [0, 0.05) is 17.7 Å². The van der Waals surface area contributed by atoms with Gasteiger partial charge in [0.25, 0.3) is 0 Å². The third-order valence-electron chi connectivity index (χ3n) is 1.77. The molecule has 126 valence electrons. The summed E-state index contributed by atoms with van der Waals surface area (Å²) in [5.74, 6) is -2.73. The Hall–Kier alpha value is -1.84. The van der Waals surface area contributed by atoms with Crippen molar-refractivity contribution in [3.63, 3.8) is 0 Å². The lowest BCUT2D eigenvalue weighted by atomic mass is 10.1. The van der Waals surface area contributed by atoms with Crippen LogP contribution in [0.5, 0.6) is 0 Å². The highest BCUT2D eigenvalue weighted by Crippen LogP contribution is 2.22. The fourth-order valence-corrected chi connectivity index (χ4v) is 1.18. The quantitative estimate of drug-likeness (QED) is 0.316. The molecule has 0 heterocycles. The number of benzene rings is 1. The molecule has 0 aliphatic heterocycles. The molecule has 0 aliphatic rings. The number of alkyl halides is 1. The molecule has 0 unspecified atom stereocenters. The molecule has 0 fully saturated rings. The number of hydrogen-bond acceptors (Lipinski definition) is 0. The van der Waals surface area contributed by atoms with Crippen molar-refractivity contribution in [1.82, 2.24) is 0 Å². The van der Waals surface area contributed by atoms with E-state index in [1.165, 1.54) is 26.0 Å². The summed E-state index contributed by atoms with van der Waals surface area (Å²) < 4.78 is 49.1. The smallest absolute Gasteiger partial charge is 0.136 e. The number of halogens is 4. The highest BCUT2D eigenvalue weighted by atomic mass is 19.1. The van der Waals surface area contributed by atoms with Crippen LogP contribution in [0.4, 0.5) is 17.6 Å². The first-order valence-corrected chi connectivity index (χ1v) is 6.96. The van der Waals surface area contributed by atoms with Crippen molar-refractivity contribution in [3.8, 4) is 0 Å². The molecule has 0 N–H and O–H groups in total. The molecule has 22 heavy (non-hydrogen) atoms. The van der Waals surface area contributed by atoms with Crippen molar-refractivity contribution in [2.75, 3.05) is 6.67 Å². The molecule has 4 heteroatoms. The van der Waals surface area contributed by atoms with Crippen LogP contribution >= 0.6 is 0 Å². The lowest BCUT2D eigenvalue weighted by molar-refractivity contribution is 0.527. The average molecular weight is 318 g/mol. The van der Waals surface area contributed by atoms with Crippen LogP contribution in [0, 0.1) is 17.5 Å². The van der Waals surface area contributed by atoms with E-state index < -0.39 is 17.5 Å². The zero-order valence-corrected chi connectivity index (χ0v) is 14.0. The Morgan fingerprint density at radius 3 is 1.68 bits per heavy atom. The molecule has 0 aliphatic carbocycles. The lowest BCUT2D eigenvalue weighted by Gasteiger charge is -2.04. The number of rotatable bonds is 2. The van der Waals surface area contributed by atoms with Gasteiger partial charge in [-0.1, -0.05) is 38.7 Å². The minimum atomic E-state index is -0.921. The second-order valence-corrected chi connectivity index (χ2v) is 3.51. The molecular formula is C18H26F4. The number of hydrogen-bond donors (Lipinski definition) is 0. The van der Waals surface area contributed by atoms with Crippen molar-refractivity contribution >= 4 is 5.57 Å². The predicted octanol–water partition coefficient (Wildman–Crippen LogP) is 6.89. The summed E-state index contributed by atoms with van der Waals surface area (Å²) in [5.41, 5.74) is 0.154. The average Bonchev–Trinajstić information content (AvgIpc) is 2.42. The largest absolute Gasteiger partial charge is 0.251 e. The van der Waals surface area contributed by atoms with E-state index in [4.69, 9.17) is 0 Å². The van der Waals surface area contributed by atoms with E-state index in [1.54, 1.807) is 6.08 Å². The molecule has 1 aromatic rings. The molecule has 0 nitrogen and oxygen atoms in total. The minimum Gasteiger partial charge on any atom is -0.251 e. The molecule has 0 radical (unpaired) electrons. The molecular weight excluding hydrogens is 292 g/mol. The van der Waals surface area contributed by atoms with Gasteiger partial charge in [0.15, 0.2) is 0 Å². The lowest BCUT2D eigenvalue weighted by Crippen LogP contribution is -1.94. The van der Waals surface area contributed by atoms with Gasteiger partial charge in [0.2, 0.25) is 0 Å². The molecule has 0 spiro atoms. The van der Waals surface area contributed by atoms with Crippen molar-refractivity contribution in [2.45, 2.75) is 34.6 Å². The molecule has 0 amide bonds. The molecule has 1 aromatic carbocycles. The first kappa shape index (κ1) is 25.1. The summed E-state index contributed by atoms with van der Waals surface area (Å²) in [7, 11) is 0. The van der Waals surface area contributed by atoms with Crippen LogP contribution in [-0.4, -0.2) is 6.67 Å². The Morgan fingerprint density at radius 1 is 1.09 bits per heavy atom. The second kappa shape index (κ2) is 17.2. The summed E-state index contributed by atoms with van der Waals surface area (Å²) in [6.07, 6.45) is 4.62. The Kier molecular flexibility index (Phi) is 19.7. The van der Waals surface area contributed by atoms with Crippen molar-refractivity contribution in [3.05, 3.63) is 66.5 Å². The Balaban J connectivity index is -0.000000382. The van der Waals surface area contributed by atoms with Crippen LogP contribution in [0.2, 0.25) is 0 Å². The molecule has 1 rings (SSSR count). The van der Waals surface area contributed by atoms with Crippen LogP contribution in [-0.2, 0) is 0 Å². The van der Waals surface area contributed by atoms with E-state index in [-0.39, 0.29) is 12.2 Å². The van der Waals surface area contributed by atoms with Gasteiger partial charge < -0.3 is 0 Å². The van der Waals surface area contributed by atoms with Gasteiger partial charge in [-0.15, -0.1) is 6.58 Å². The molecule has 0 saturated carbocycles. The van der Waals surface area contributed by atoms with Crippen LogP contribution < -0.4 is 0 Å². The van der Waals surface area contributed by atoms with E-state index >= 15 is 0 Å². The summed E-state index contributed by atoms with van der Waals surface area (Å²) in [4.78, 5) is 0. The monoisotopic (exact) mass is 318 g/mol. The number of allylic oxidation sites excluding steroid dienone is 4. The van der Waals surface area contributed by atoms with Crippen molar-refractivity contribution in [1.29, 1.82) is 0 Å². The summed E-state index contributed by atoms with van der Waals surface area (Å²) in [5, 5.41) is 0. The molecule has 0 atom stereocenters. The van der Waals surface area contributed by atoms with Gasteiger partial charge in [0.1, 0.15) is 17.5 Å². The van der Waals surface area contributed by atoms with E-state index in [0.29, 0.717) is 17.7 Å². The SMILES string of the molecule is C=C/C=C(\C)c1c(F)cc(F)cc1F.C=CC.CC.CCF. The Morgan fingerprint density at radius 2 is 1.41 bits per heavy atom. The van der Waals surface area contributed by atoms with Gasteiger partial charge >= 0.3 is 0 Å². The van der Waals surface area contributed by atoms with Crippen LogP contribution in [0.15, 0.2) is 43.5 Å². The zero-order chi connectivity index (χ0) is 18.1. The van der Waals surface area contributed by atoms with Gasteiger partial charge in [-0.25, -0.2) is 13.2 Å². The fourth-order valence-electron chi connectivity index (χ4n) is 1.18. The molecule has 0 aromatic heterocycles. The highest BCUT2D eigenvalue weighted by molar-refractivity contribution is 5.66. The van der Waals surface area contributed by atoms with Gasteiger partial charge in [0.05, 0.1) is 6.67 Å². The highest BCUT2D eigenvalue weighted by Gasteiger charge is 2.12. The van der Waals surface area contributed by atoms with E-state index in [1.807, 2.05) is 20.8 Å². The van der Waals surface area contributed by atoms with E-state index in [2.05, 4.69) is 13.2 Å². The second-order valence-electron chi connectivity index (χ2n) is 3.51. The molecule has 0 bridgehead atoms. The maximum atomic E-state index is 13.1. The molecule has 0 saturated heterocycles. The third kappa shape index (κ3) is 11.9. The van der Waals surface area contributed by atoms with Crippen molar-refractivity contribution < 1.29 is 17.6 Å². The minimum absolute atomic E-state index is 0.216. The summed E-state index contributed by atoms with van der Waals surface area (Å²) >= 11 is 0. The topological polar surface area (TPSA) is 0 Å². The maximum absolute atomic E-state index is 13.1. The zero-order valence-electron chi connectivity index (χ0n) is 14.0. The van der Waals surface area contributed by atoms with E-state index in [9.17, 15) is 17.6 Å². The third-order valence-corrected chi connectivity index (χ3v) is 1.77. The predicted molar refractivity (Wildman–Crippen MR) is 89.0 cm³/mol. The van der Waals surface area contributed by atoms with Crippen LogP contribution in [0.25, 0.3) is 5.57 Å². The Labute approximate surface area is 131 Å². The van der Waals surface area contributed by atoms with Gasteiger partial charge in [-0.2, -0.15) is 0 Å². The first-order chi connectivity index (χ1) is 10.4. The van der Waals surface area contributed by atoms with Crippen LogP contribution in [0.1, 0.15) is 40.2 Å².